The van der Waals surface area contributed by atoms with E-state index in [-0.39, 0.29) is 12.1 Å². The molecule has 0 aromatic heterocycles. The number of hydrogen-bond donors (Lipinski definition) is 2. The fourth-order valence-electron chi connectivity index (χ4n) is 1.62. The Balaban J connectivity index is 2.58. The third-order valence-electron chi connectivity index (χ3n) is 2.69. The van der Waals surface area contributed by atoms with Crippen molar-refractivity contribution in [2.45, 2.75) is 45.8 Å². The van der Waals surface area contributed by atoms with Gasteiger partial charge in [0.15, 0.2) is 0 Å². The van der Waals surface area contributed by atoms with E-state index in [9.17, 15) is 5.11 Å². The van der Waals surface area contributed by atoms with Gasteiger partial charge in [-0.2, -0.15) is 0 Å². The summed E-state index contributed by atoms with van der Waals surface area (Å²) in [6.45, 7) is 6.18. The molecule has 1 rings (SSSR count). The maximum Gasteiger partial charge on any atom is 0.0738 e. The van der Waals surface area contributed by atoms with Crippen molar-refractivity contribution in [2.75, 3.05) is 5.32 Å². The predicted octanol–water partition coefficient (Wildman–Crippen LogP) is 2.96. The van der Waals surface area contributed by atoms with Crippen LogP contribution in [0.2, 0.25) is 0 Å². The molecule has 0 aliphatic carbocycles. The minimum atomic E-state index is -0.269. The van der Waals surface area contributed by atoms with Crippen LogP contribution in [0.3, 0.4) is 0 Å². The van der Waals surface area contributed by atoms with E-state index < -0.39 is 0 Å². The second kappa shape index (κ2) is 5.76. The third-order valence-corrected chi connectivity index (χ3v) is 2.69. The van der Waals surface area contributed by atoms with Gasteiger partial charge in [0, 0.05) is 11.7 Å². The SMILES string of the molecule is CCC[C@@H](O)[C@@H](C)Nc1ccccc1C. The van der Waals surface area contributed by atoms with E-state index in [1.807, 2.05) is 25.1 Å². The minimum absolute atomic E-state index is 0.103. The van der Waals surface area contributed by atoms with E-state index in [0.717, 1.165) is 18.5 Å². The molecule has 0 unspecified atom stereocenters. The number of aliphatic hydroxyl groups is 1. The molecule has 1 aromatic rings. The second-order valence-corrected chi connectivity index (χ2v) is 4.10. The van der Waals surface area contributed by atoms with Gasteiger partial charge in [-0.1, -0.05) is 31.5 Å². The quantitative estimate of drug-likeness (QED) is 0.778. The van der Waals surface area contributed by atoms with Crippen molar-refractivity contribution in [3.63, 3.8) is 0 Å². The fourth-order valence-corrected chi connectivity index (χ4v) is 1.62. The Bertz CT molecular complexity index is 298. The van der Waals surface area contributed by atoms with Gasteiger partial charge in [-0.15, -0.1) is 0 Å². The number of nitrogens with one attached hydrogen (secondary N) is 1. The first-order valence-electron chi connectivity index (χ1n) is 5.65. The Labute approximate surface area is 92.3 Å². The summed E-state index contributed by atoms with van der Waals surface area (Å²) in [6, 6.07) is 8.25. The lowest BCUT2D eigenvalue weighted by atomic mass is 10.1. The number of hydrogen-bond acceptors (Lipinski definition) is 2. The van der Waals surface area contributed by atoms with E-state index in [1.54, 1.807) is 0 Å². The lowest BCUT2D eigenvalue weighted by molar-refractivity contribution is 0.147. The van der Waals surface area contributed by atoms with Crippen molar-refractivity contribution < 1.29 is 5.11 Å². The molecular formula is C13H21NO. The molecule has 2 nitrogen and oxygen atoms in total. The average molecular weight is 207 g/mol. The average Bonchev–Trinajstić information content (AvgIpc) is 2.21. The van der Waals surface area contributed by atoms with Gasteiger partial charge in [0.05, 0.1) is 6.10 Å². The number of aliphatic hydroxyl groups excluding tert-OH is 1. The van der Waals surface area contributed by atoms with Crippen molar-refractivity contribution in [3.8, 4) is 0 Å². The summed E-state index contributed by atoms with van der Waals surface area (Å²) in [5, 5.41) is 13.2. The van der Waals surface area contributed by atoms with Crippen LogP contribution in [-0.4, -0.2) is 17.3 Å². The van der Waals surface area contributed by atoms with Gasteiger partial charge in [-0.05, 0) is 31.9 Å². The molecule has 2 atom stereocenters. The maximum absolute atomic E-state index is 9.81. The normalized spacial score (nSPS) is 14.7. The van der Waals surface area contributed by atoms with Crippen molar-refractivity contribution >= 4 is 5.69 Å². The van der Waals surface area contributed by atoms with Gasteiger partial charge in [-0.3, -0.25) is 0 Å². The number of aryl methyl sites for hydroxylation is 1. The van der Waals surface area contributed by atoms with E-state index in [4.69, 9.17) is 0 Å². The summed E-state index contributed by atoms with van der Waals surface area (Å²) >= 11 is 0. The Morgan fingerprint density at radius 3 is 2.60 bits per heavy atom. The third kappa shape index (κ3) is 3.56. The zero-order valence-electron chi connectivity index (χ0n) is 9.83. The highest BCUT2D eigenvalue weighted by molar-refractivity contribution is 5.50. The van der Waals surface area contributed by atoms with Crippen molar-refractivity contribution in [2.24, 2.45) is 0 Å². The van der Waals surface area contributed by atoms with Gasteiger partial charge in [0.25, 0.3) is 0 Å². The van der Waals surface area contributed by atoms with E-state index in [1.165, 1.54) is 5.56 Å². The second-order valence-electron chi connectivity index (χ2n) is 4.10. The molecule has 0 bridgehead atoms. The van der Waals surface area contributed by atoms with Gasteiger partial charge < -0.3 is 10.4 Å². The Morgan fingerprint density at radius 1 is 1.33 bits per heavy atom. The molecule has 2 N–H and O–H groups in total. The van der Waals surface area contributed by atoms with Crippen LogP contribution in [0.5, 0.6) is 0 Å². The van der Waals surface area contributed by atoms with E-state index in [2.05, 4.69) is 25.2 Å². The van der Waals surface area contributed by atoms with Gasteiger partial charge in [0.1, 0.15) is 0 Å². The zero-order chi connectivity index (χ0) is 11.3. The van der Waals surface area contributed by atoms with Gasteiger partial charge in [0.2, 0.25) is 0 Å². The molecular weight excluding hydrogens is 186 g/mol. The number of benzene rings is 1. The predicted molar refractivity (Wildman–Crippen MR) is 65.2 cm³/mol. The summed E-state index contributed by atoms with van der Waals surface area (Å²) in [7, 11) is 0. The van der Waals surface area contributed by atoms with Crippen LogP contribution in [0.1, 0.15) is 32.3 Å². The van der Waals surface area contributed by atoms with Crippen LogP contribution >= 0.6 is 0 Å². The molecule has 0 radical (unpaired) electrons. The number of anilines is 1. The van der Waals surface area contributed by atoms with Crippen molar-refractivity contribution in [3.05, 3.63) is 29.8 Å². The molecule has 0 saturated heterocycles. The highest BCUT2D eigenvalue weighted by Gasteiger charge is 2.13. The van der Waals surface area contributed by atoms with Crippen LogP contribution in [0.4, 0.5) is 5.69 Å². The molecule has 15 heavy (non-hydrogen) atoms. The van der Waals surface area contributed by atoms with Crippen LogP contribution in [0.25, 0.3) is 0 Å². The first-order valence-corrected chi connectivity index (χ1v) is 5.65. The van der Waals surface area contributed by atoms with E-state index in [0.29, 0.717) is 0 Å². The summed E-state index contributed by atoms with van der Waals surface area (Å²) in [6.07, 6.45) is 1.59. The molecule has 0 aliphatic heterocycles. The summed E-state index contributed by atoms with van der Waals surface area (Å²) in [4.78, 5) is 0. The standard InChI is InChI=1S/C13H21NO/c1-4-7-13(15)11(3)14-12-9-6-5-8-10(12)2/h5-6,8-9,11,13-15H,4,7H2,1-3H3/t11-,13-/m1/s1. The van der Waals surface area contributed by atoms with Crippen LogP contribution in [-0.2, 0) is 0 Å². The molecule has 0 heterocycles. The monoisotopic (exact) mass is 207 g/mol. The number of rotatable bonds is 5. The Morgan fingerprint density at radius 2 is 2.00 bits per heavy atom. The Hall–Kier alpha value is -1.02. The van der Waals surface area contributed by atoms with E-state index >= 15 is 0 Å². The topological polar surface area (TPSA) is 32.3 Å². The molecule has 0 amide bonds. The molecule has 0 saturated carbocycles. The summed E-state index contributed by atoms with van der Waals surface area (Å²) < 4.78 is 0. The Kier molecular flexibility index (Phi) is 4.63. The van der Waals surface area contributed by atoms with Crippen molar-refractivity contribution in [1.29, 1.82) is 0 Å². The molecule has 2 heteroatoms. The lowest BCUT2D eigenvalue weighted by Crippen LogP contribution is -2.30. The smallest absolute Gasteiger partial charge is 0.0738 e. The maximum atomic E-state index is 9.81. The van der Waals surface area contributed by atoms with Crippen molar-refractivity contribution in [1.82, 2.24) is 0 Å². The molecule has 0 fully saturated rings. The highest BCUT2D eigenvalue weighted by Crippen LogP contribution is 2.16. The summed E-state index contributed by atoms with van der Waals surface area (Å²) in [5.41, 5.74) is 2.33. The molecule has 84 valence electrons. The van der Waals surface area contributed by atoms with Crippen LogP contribution in [0, 0.1) is 6.92 Å². The first-order chi connectivity index (χ1) is 7.15. The van der Waals surface area contributed by atoms with Gasteiger partial charge >= 0.3 is 0 Å². The summed E-state index contributed by atoms with van der Waals surface area (Å²) in [5.74, 6) is 0. The van der Waals surface area contributed by atoms with Gasteiger partial charge in [-0.25, -0.2) is 0 Å². The fraction of sp³-hybridized carbons (Fsp3) is 0.538. The zero-order valence-corrected chi connectivity index (χ0v) is 9.83. The highest BCUT2D eigenvalue weighted by atomic mass is 16.3. The molecule has 0 spiro atoms. The molecule has 1 aromatic carbocycles. The van der Waals surface area contributed by atoms with Crippen LogP contribution < -0.4 is 5.32 Å². The molecule has 0 aliphatic rings. The largest absolute Gasteiger partial charge is 0.391 e. The van der Waals surface area contributed by atoms with Crippen LogP contribution in [0.15, 0.2) is 24.3 Å². The first kappa shape index (κ1) is 12.1. The lowest BCUT2D eigenvalue weighted by Gasteiger charge is -2.21. The minimum Gasteiger partial charge on any atom is -0.391 e. The number of para-hydroxylation sites is 1.